The van der Waals surface area contributed by atoms with Gasteiger partial charge in [-0.15, -0.1) is 11.6 Å². The Morgan fingerprint density at radius 2 is 2.00 bits per heavy atom. The number of hydrogen-bond acceptors (Lipinski definition) is 2. The molecule has 1 saturated heterocycles. The molecule has 0 saturated carbocycles. The van der Waals surface area contributed by atoms with Gasteiger partial charge in [-0.25, -0.2) is 0 Å². The highest BCUT2D eigenvalue weighted by Gasteiger charge is 2.44. The van der Waals surface area contributed by atoms with Gasteiger partial charge in [0.1, 0.15) is 0 Å². The molecule has 1 aliphatic heterocycles. The number of alkyl halides is 1. The minimum absolute atomic E-state index is 0.466. The van der Waals surface area contributed by atoms with Crippen molar-refractivity contribution in [3.05, 3.63) is 35.4 Å². The van der Waals surface area contributed by atoms with Gasteiger partial charge in [0.2, 0.25) is 0 Å². The number of benzene rings is 1. The van der Waals surface area contributed by atoms with Crippen LogP contribution in [0.2, 0.25) is 0 Å². The monoisotopic (exact) mass is 266 g/mol. The fourth-order valence-corrected chi connectivity index (χ4v) is 3.40. The quantitative estimate of drug-likeness (QED) is 0.780. The number of rotatable bonds is 3. The van der Waals surface area contributed by atoms with Crippen molar-refractivity contribution in [1.82, 2.24) is 0 Å². The van der Waals surface area contributed by atoms with Crippen molar-refractivity contribution >= 4 is 11.6 Å². The van der Waals surface area contributed by atoms with Gasteiger partial charge in [-0.3, -0.25) is 0 Å². The molecule has 3 heteroatoms. The summed E-state index contributed by atoms with van der Waals surface area (Å²) < 4.78 is 11.9. The molecule has 0 radical (unpaired) electrons. The summed E-state index contributed by atoms with van der Waals surface area (Å²) in [5, 5.41) is 0. The van der Waals surface area contributed by atoms with Gasteiger partial charge in [0.05, 0.1) is 13.2 Å². The molecular weight excluding hydrogens is 248 g/mol. The van der Waals surface area contributed by atoms with E-state index in [0.29, 0.717) is 19.1 Å². The highest BCUT2D eigenvalue weighted by atomic mass is 35.5. The summed E-state index contributed by atoms with van der Waals surface area (Å²) in [5.74, 6) is 0.898. The Kier molecular flexibility index (Phi) is 3.60. The second kappa shape index (κ2) is 5.20. The first-order valence-corrected chi connectivity index (χ1v) is 7.30. The van der Waals surface area contributed by atoms with E-state index < -0.39 is 5.79 Å². The molecule has 2 aliphatic rings. The highest BCUT2D eigenvalue weighted by molar-refractivity contribution is 6.17. The molecule has 0 aromatic heterocycles. The third kappa shape index (κ3) is 2.18. The zero-order valence-corrected chi connectivity index (χ0v) is 11.3. The fourth-order valence-electron chi connectivity index (χ4n) is 3.24. The Morgan fingerprint density at radius 3 is 2.78 bits per heavy atom. The normalized spacial score (nSPS) is 25.3. The van der Waals surface area contributed by atoms with Crippen molar-refractivity contribution in [3.63, 3.8) is 0 Å². The predicted octanol–water partition coefficient (Wildman–Crippen LogP) is 3.47. The molecule has 0 amide bonds. The lowest BCUT2D eigenvalue weighted by atomic mass is 9.78. The van der Waals surface area contributed by atoms with Crippen molar-refractivity contribution in [3.8, 4) is 0 Å². The third-order valence-electron chi connectivity index (χ3n) is 3.99. The van der Waals surface area contributed by atoms with Crippen LogP contribution in [0.3, 0.4) is 0 Å². The van der Waals surface area contributed by atoms with Crippen LogP contribution in [0.5, 0.6) is 0 Å². The lowest BCUT2D eigenvalue weighted by molar-refractivity contribution is -0.184. The largest absolute Gasteiger partial charge is 0.343 e. The average molecular weight is 267 g/mol. The van der Waals surface area contributed by atoms with E-state index in [1.807, 2.05) is 0 Å². The van der Waals surface area contributed by atoms with Crippen molar-refractivity contribution in [2.45, 2.75) is 31.5 Å². The topological polar surface area (TPSA) is 18.5 Å². The van der Waals surface area contributed by atoms with E-state index in [9.17, 15) is 0 Å². The molecule has 1 aliphatic carbocycles. The highest BCUT2D eigenvalue weighted by Crippen LogP contribution is 2.45. The molecule has 3 rings (SSSR count). The first-order valence-electron chi connectivity index (χ1n) is 6.76. The van der Waals surface area contributed by atoms with Gasteiger partial charge in [0.15, 0.2) is 5.79 Å². The van der Waals surface area contributed by atoms with Gasteiger partial charge >= 0.3 is 0 Å². The summed E-state index contributed by atoms with van der Waals surface area (Å²) in [7, 11) is 0. The van der Waals surface area contributed by atoms with Crippen LogP contribution in [0.25, 0.3) is 0 Å². The molecule has 0 N–H and O–H groups in total. The smallest absolute Gasteiger partial charge is 0.195 e. The Labute approximate surface area is 113 Å². The van der Waals surface area contributed by atoms with E-state index in [0.717, 1.165) is 31.6 Å². The second-order valence-corrected chi connectivity index (χ2v) is 5.59. The van der Waals surface area contributed by atoms with Crippen LogP contribution in [0, 0.1) is 5.92 Å². The van der Waals surface area contributed by atoms with Crippen molar-refractivity contribution in [2.75, 3.05) is 19.1 Å². The average Bonchev–Trinajstić information content (AvgIpc) is 2.86. The summed E-state index contributed by atoms with van der Waals surface area (Å²) in [4.78, 5) is 0. The van der Waals surface area contributed by atoms with Gasteiger partial charge in [0.25, 0.3) is 0 Å². The lowest BCUT2D eigenvalue weighted by Crippen LogP contribution is -2.36. The molecule has 1 aromatic rings. The van der Waals surface area contributed by atoms with Crippen LogP contribution in [0.4, 0.5) is 0 Å². The molecule has 18 heavy (non-hydrogen) atoms. The summed E-state index contributed by atoms with van der Waals surface area (Å²) in [6, 6.07) is 8.53. The summed E-state index contributed by atoms with van der Waals surface area (Å²) in [6.45, 7) is 1.41. The predicted molar refractivity (Wildman–Crippen MR) is 71.8 cm³/mol. The van der Waals surface area contributed by atoms with E-state index >= 15 is 0 Å². The summed E-state index contributed by atoms with van der Waals surface area (Å²) in [6.07, 6.45) is 4.33. The van der Waals surface area contributed by atoms with E-state index in [1.54, 1.807) is 0 Å². The second-order valence-electron chi connectivity index (χ2n) is 5.21. The first-order chi connectivity index (χ1) is 8.84. The molecule has 1 atom stereocenters. The molecule has 1 unspecified atom stereocenters. The number of halogens is 1. The summed E-state index contributed by atoms with van der Waals surface area (Å²) >= 11 is 5.81. The minimum atomic E-state index is -0.466. The zero-order chi connectivity index (χ0) is 12.4. The van der Waals surface area contributed by atoms with Gasteiger partial charge in [-0.05, 0) is 30.7 Å². The number of ether oxygens (including phenoxy) is 2. The molecule has 1 spiro atoms. The first kappa shape index (κ1) is 12.5. The molecule has 98 valence electrons. The van der Waals surface area contributed by atoms with Gasteiger partial charge < -0.3 is 9.47 Å². The Hall–Kier alpha value is -0.570. The Bertz CT molecular complexity index is 413. The minimum Gasteiger partial charge on any atom is -0.343 e. The number of fused-ring (bicyclic) bond motifs is 2. The van der Waals surface area contributed by atoms with Gasteiger partial charge in [0, 0.05) is 17.9 Å². The van der Waals surface area contributed by atoms with Crippen molar-refractivity contribution in [2.24, 2.45) is 5.92 Å². The molecule has 2 nitrogen and oxygen atoms in total. The van der Waals surface area contributed by atoms with E-state index in [1.165, 1.54) is 11.1 Å². The maximum absolute atomic E-state index is 5.96. The molecular formula is C15H19ClO2. The zero-order valence-electron chi connectivity index (χ0n) is 10.5. The Balaban J connectivity index is 1.89. The van der Waals surface area contributed by atoms with Crippen LogP contribution in [-0.2, 0) is 21.7 Å². The molecule has 1 heterocycles. The van der Waals surface area contributed by atoms with E-state index in [4.69, 9.17) is 21.1 Å². The molecule has 0 bridgehead atoms. The SMILES string of the molecule is ClCCCC1Cc2ccccc2C2(C1)OCCO2. The van der Waals surface area contributed by atoms with Crippen molar-refractivity contribution < 1.29 is 9.47 Å². The number of hydrogen-bond donors (Lipinski definition) is 0. The molecule has 1 aromatic carbocycles. The van der Waals surface area contributed by atoms with E-state index in [-0.39, 0.29) is 0 Å². The van der Waals surface area contributed by atoms with Gasteiger partial charge in [-0.2, -0.15) is 0 Å². The molecule has 1 fully saturated rings. The lowest BCUT2D eigenvalue weighted by Gasteiger charge is -2.38. The Morgan fingerprint density at radius 1 is 1.22 bits per heavy atom. The van der Waals surface area contributed by atoms with Crippen molar-refractivity contribution in [1.29, 1.82) is 0 Å². The van der Waals surface area contributed by atoms with Crippen LogP contribution in [0.15, 0.2) is 24.3 Å². The van der Waals surface area contributed by atoms with Crippen LogP contribution < -0.4 is 0 Å². The van der Waals surface area contributed by atoms with Crippen LogP contribution in [-0.4, -0.2) is 19.1 Å². The van der Waals surface area contributed by atoms with E-state index in [2.05, 4.69) is 24.3 Å². The standard InChI is InChI=1S/C15H19ClO2/c16-7-3-4-12-10-13-5-1-2-6-14(13)15(11-12)17-8-9-18-15/h1-2,5-6,12H,3-4,7-11H2. The van der Waals surface area contributed by atoms with Crippen LogP contribution in [0.1, 0.15) is 30.4 Å². The fraction of sp³-hybridized carbons (Fsp3) is 0.600. The third-order valence-corrected chi connectivity index (χ3v) is 4.26. The van der Waals surface area contributed by atoms with Gasteiger partial charge in [-0.1, -0.05) is 24.3 Å². The maximum Gasteiger partial charge on any atom is 0.195 e. The summed E-state index contributed by atoms with van der Waals surface area (Å²) in [5.41, 5.74) is 2.62. The maximum atomic E-state index is 5.96. The van der Waals surface area contributed by atoms with Crippen LogP contribution >= 0.6 is 11.6 Å².